The van der Waals surface area contributed by atoms with Crippen LogP contribution in [0.15, 0.2) is 84.9 Å². The van der Waals surface area contributed by atoms with Crippen LogP contribution < -0.4 is 5.32 Å². The summed E-state index contributed by atoms with van der Waals surface area (Å²) in [5.41, 5.74) is 2.74. The zero-order valence-corrected chi connectivity index (χ0v) is 14.6. The topological polar surface area (TPSA) is 46.2 Å². The van der Waals surface area contributed by atoms with E-state index in [0.717, 1.165) is 5.56 Å². The van der Waals surface area contributed by atoms with Gasteiger partial charge in [-0.2, -0.15) is 0 Å². The van der Waals surface area contributed by atoms with Gasteiger partial charge in [-0.3, -0.25) is 9.59 Å². The molecule has 0 saturated heterocycles. The van der Waals surface area contributed by atoms with E-state index in [2.05, 4.69) is 5.32 Å². The van der Waals surface area contributed by atoms with Crippen LogP contribution in [0.1, 0.15) is 26.3 Å². The van der Waals surface area contributed by atoms with Gasteiger partial charge < -0.3 is 5.32 Å². The lowest BCUT2D eigenvalue weighted by Gasteiger charge is -2.05. The Kier molecular flexibility index (Phi) is 5.62. The third kappa shape index (κ3) is 4.68. The average Bonchev–Trinajstić information content (AvgIpc) is 2.68. The van der Waals surface area contributed by atoms with Gasteiger partial charge in [-0.25, -0.2) is 0 Å². The van der Waals surface area contributed by atoms with Crippen LogP contribution in [-0.4, -0.2) is 11.7 Å². The first-order valence-corrected chi connectivity index (χ1v) is 8.44. The maximum Gasteiger partial charge on any atom is 0.255 e. The number of hydrogen-bond donors (Lipinski definition) is 1. The van der Waals surface area contributed by atoms with Crippen molar-refractivity contribution in [3.63, 3.8) is 0 Å². The summed E-state index contributed by atoms with van der Waals surface area (Å²) >= 11 is 5.82. The molecule has 3 aromatic carbocycles. The summed E-state index contributed by atoms with van der Waals surface area (Å²) in [5, 5.41) is 3.43. The number of carbonyl (C=O) groups excluding carboxylic acids is 2. The molecule has 26 heavy (non-hydrogen) atoms. The molecule has 128 valence electrons. The highest BCUT2D eigenvalue weighted by Gasteiger charge is 2.05. The molecule has 0 fully saturated rings. The number of hydrogen-bond acceptors (Lipinski definition) is 2. The predicted molar refractivity (Wildman–Crippen MR) is 106 cm³/mol. The number of benzene rings is 3. The van der Waals surface area contributed by atoms with E-state index < -0.39 is 0 Å². The van der Waals surface area contributed by atoms with Gasteiger partial charge in [0, 0.05) is 21.8 Å². The van der Waals surface area contributed by atoms with Crippen molar-refractivity contribution in [3.8, 4) is 0 Å². The summed E-state index contributed by atoms with van der Waals surface area (Å²) < 4.78 is 0. The second kappa shape index (κ2) is 8.28. The zero-order valence-electron chi connectivity index (χ0n) is 13.9. The Balaban J connectivity index is 1.63. The monoisotopic (exact) mass is 361 g/mol. The summed E-state index contributed by atoms with van der Waals surface area (Å²) in [6.45, 7) is 0. The van der Waals surface area contributed by atoms with E-state index in [1.165, 1.54) is 6.08 Å². The second-order valence-corrected chi connectivity index (χ2v) is 6.08. The van der Waals surface area contributed by atoms with E-state index in [9.17, 15) is 9.59 Å². The van der Waals surface area contributed by atoms with Crippen LogP contribution in [0.4, 0.5) is 5.69 Å². The molecular formula is C22H16ClNO2. The molecule has 0 unspecified atom stereocenters. The lowest BCUT2D eigenvalue weighted by Crippen LogP contribution is -2.11. The van der Waals surface area contributed by atoms with Gasteiger partial charge in [0.25, 0.3) is 5.91 Å². The lowest BCUT2D eigenvalue weighted by molar-refractivity contribution is 0.102. The standard InChI is InChI=1S/C22H16ClNO2/c23-19-11-9-17(10-12-19)21(25)15-8-16-6-13-20(14-7-16)24-22(26)18-4-2-1-3-5-18/h1-15H,(H,24,26)/b15-8+. The minimum atomic E-state index is -0.160. The molecule has 0 aliphatic rings. The van der Waals surface area contributed by atoms with Crippen molar-refractivity contribution in [1.29, 1.82) is 0 Å². The van der Waals surface area contributed by atoms with E-state index in [1.54, 1.807) is 54.6 Å². The molecular weight excluding hydrogens is 346 g/mol. The minimum absolute atomic E-state index is 0.0943. The smallest absolute Gasteiger partial charge is 0.255 e. The third-order valence-electron chi connectivity index (χ3n) is 3.76. The Morgan fingerprint density at radius 2 is 1.42 bits per heavy atom. The Morgan fingerprint density at radius 3 is 2.08 bits per heavy atom. The van der Waals surface area contributed by atoms with Crippen molar-refractivity contribution >= 4 is 35.1 Å². The molecule has 3 rings (SSSR count). The Bertz CT molecular complexity index is 930. The Hall–Kier alpha value is -3.17. The number of allylic oxidation sites excluding steroid dienone is 1. The molecule has 0 aliphatic carbocycles. The highest BCUT2D eigenvalue weighted by molar-refractivity contribution is 6.30. The first kappa shape index (κ1) is 17.6. The van der Waals surface area contributed by atoms with Crippen LogP contribution in [0.3, 0.4) is 0 Å². The van der Waals surface area contributed by atoms with Crippen LogP contribution in [0.5, 0.6) is 0 Å². The molecule has 3 aromatic rings. The largest absolute Gasteiger partial charge is 0.322 e. The fourth-order valence-corrected chi connectivity index (χ4v) is 2.48. The fraction of sp³-hybridized carbons (Fsp3) is 0. The molecule has 0 saturated carbocycles. The molecule has 0 aliphatic heterocycles. The molecule has 0 heterocycles. The van der Waals surface area contributed by atoms with Crippen LogP contribution >= 0.6 is 11.6 Å². The first-order chi connectivity index (χ1) is 12.6. The van der Waals surface area contributed by atoms with Crippen LogP contribution in [0, 0.1) is 0 Å². The van der Waals surface area contributed by atoms with Crippen molar-refractivity contribution < 1.29 is 9.59 Å². The van der Waals surface area contributed by atoms with Crippen molar-refractivity contribution in [2.24, 2.45) is 0 Å². The summed E-state index contributed by atoms with van der Waals surface area (Å²) in [7, 11) is 0. The number of halogens is 1. The molecule has 0 atom stereocenters. The second-order valence-electron chi connectivity index (χ2n) is 5.65. The van der Waals surface area contributed by atoms with Gasteiger partial charge >= 0.3 is 0 Å². The highest BCUT2D eigenvalue weighted by atomic mass is 35.5. The molecule has 0 bridgehead atoms. The SMILES string of the molecule is O=C(/C=C/c1ccc(NC(=O)c2ccccc2)cc1)c1ccc(Cl)cc1. The van der Waals surface area contributed by atoms with Gasteiger partial charge in [0.1, 0.15) is 0 Å². The van der Waals surface area contributed by atoms with Crippen LogP contribution in [-0.2, 0) is 0 Å². The minimum Gasteiger partial charge on any atom is -0.322 e. The lowest BCUT2D eigenvalue weighted by atomic mass is 10.1. The maximum atomic E-state index is 12.1. The summed E-state index contributed by atoms with van der Waals surface area (Å²) in [5.74, 6) is -0.255. The number of amides is 1. The van der Waals surface area contributed by atoms with E-state index in [1.807, 2.05) is 30.3 Å². The number of carbonyl (C=O) groups is 2. The summed E-state index contributed by atoms with van der Waals surface area (Å²) in [4.78, 5) is 24.2. The molecule has 4 heteroatoms. The predicted octanol–water partition coefficient (Wildman–Crippen LogP) is 5.49. The van der Waals surface area contributed by atoms with Gasteiger partial charge in [0.2, 0.25) is 0 Å². The summed E-state index contributed by atoms with van der Waals surface area (Å²) in [6.07, 6.45) is 3.25. The number of anilines is 1. The first-order valence-electron chi connectivity index (χ1n) is 8.06. The number of rotatable bonds is 5. The Morgan fingerprint density at radius 1 is 0.769 bits per heavy atom. The maximum absolute atomic E-state index is 12.1. The van der Waals surface area contributed by atoms with Crippen LogP contribution in [0.25, 0.3) is 6.08 Å². The van der Waals surface area contributed by atoms with Gasteiger partial charge in [0.15, 0.2) is 5.78 Å². The Labute approximate surface area is 156 Å². The van der Waals surface area contributed by atoms with Crippen molar-refractivity contribution in [2.45, 2.75) is 0 Å². The molecule has 1 amide bonds. The van der Waals surface area contributed by atoms with E-state index in [4.69, 9.17) is 11.6 Å². The molecule has 0 radical (unpaired) electrons. The average molecular weight is 362 g/mol. The van der Waals surface area contributed by atoms with E-state index in [-0.39, 0.29) is 11.7 Å². The van der Waals surface area contributed by atoms with Crippen molar-refractivity contribution in [3.05, 3.63) is 107 Å². The highest BCUT2D eigenvalue weighted by Crippen LogP contribution is 2.14. The van der Waals surface area contributed by atoms with Crippen molar-refractivity contribution in [2.75, 3.05) is 5.32 Å². The number of ketones is 1. The molecule has 1 N–H and O–H groups in total. The normalized spacial score (nSPS) is 10.7. The summed E-state index contributed by atoms with van der Waals surface area (Å²) in [6, 6.07) is 23.1. The fourth-order valence-electron chi connectivity index (χ4n) is 2.35. The number of nitrogens with one attached hydrogen (secondary N) is 1. The molecule has 0 aromatic heterocycles. The van der Waals surface area contributed by atoms with Gasteiger partial charge in [-0.15, -0.1) is 0 Å². The molecule has 0 spiro atoms. The van der Waals surface area contributed by atoms with Crippen molar-refractivity contribution in [1.82, 2.24) is 0 Å². The van der Waals surface area contributed by atoms with Gasteiger partial charge in [0.05, 0.1) is 0 Å². The molecule has 3 nitrogen and oxygen atoms in total. The third-order valence-corrected chi connectivity index (χ3v) is 4.01. The van der Waals surface area contributed by atoms with Crippen LogP contribution in [0.2, 0.25) is 5.02 Å². The van der Waals surface area contributed by atoms with E-state index in [0.29, 0.717) is 21.8 Å². The van der Waals surface area contributed by atoms with E-state index >= 15 is 0 Å². The van der Waals surface area contributed by atoms with Gasteiger partial charge in [-0.05, 0) is 60.2 Å². The zero-order chi connectivity index (χ0) is 18.4. The van der Waals surface area contributed by atoms with Gasteiger partial charge in [-0.1, -0.05) is 48.0 Å². The quantitative estimate of drug-likeness (QED) is 0.482.